The van der Waals surface area contributed by atoms with Crippen LogP contribution in [0.1, 0.15) is 15.9 Å². The molecule has 0 saturated carbocycles. The van der Waals surface area contributed by atoms with Crippen LogP contribution in [0.15, 0.2) is 34.0 Å². The molecule has 0 aliphatic carbocycles. The van der Waals surface area contributed by atoms with Gasteiger partial charge in [-0.1, -0.05) is 6.07 Å². The van der Waals surface area contributed by atoms with Gasteiger partial charge in [0.25, 0.3) is 11.5 Å². The van der Waals surface area contributed by atoms with E-state index in [9.17, 15) is 19.5 Å². The minimum absolute atomic E-state index is 0.101. The van der Waals surface area contributed by atoms with Gasteiger partial charge in [0, 0.05) is 20.3 Å². The van der Waals surface area contributed by atoms with Crippen molar-refractivity contribution in [3.63, 3.8) is 0 Å². The predicted molar refractivity (Wildman–Crippen MR) is 77.7 cm³/mol. The Kier molecular flexibility index (Phi) is 3.66. The minimum atomic E-state index is -0.692. The fraction of sp³-hybridized carbons (Fsp3) is 0.214. The number of nitrogens with one attached hydrogen (secondary N) is 1. The molecular weight excluding hydrogens is 274 g/mol. The minimum Gasteiger partial charge on any atom is -0.506 e. The van der Waals surface area contributed by atoms with E-state index in [2.05, 4.69) is 5.32 Å². The lowest BCUT2D eigenvalue weighted by molar-refractivity contribution is 0.102. The Morgan fingerprint density at radius 2 is 1.90 bits per heavy atom. The molecule has 0 saturated heterocycles. The van der Waals surface area contributed by atoms with E-state index in [0.717, 1.165) is 14.7 Å². The van der Waals surface area contributed by atoms with Crippen molar-refractivity contribution < 1.29 is 9.90 Å². The summed E-state index contributed by atoms with van der Waals surface area (Å²) in [5, 5.41) is 12.2. The lowest BCUT2D eigenvalue weighted by Gasteiger charge is -2.09. The zero-order chi connectivity index (χ0) is 15.7. The molecule has 7 heteroatoms. The summed E-state index contributed by atoms with van der Waals surface area (Å²) >= 11 is 0. The van der Waals surface area contributed by atoms with E-state index in [-0.39, 0.29) is 17.0 Å². The molecule has 1 aromatic heterocycles. The highest BCUT2D eigenvalue weighted by Crippen LogP contribution is 2.24. The molecule has 7 nitrogen and oxygen atoms in total. The number of carbonyl (C=O) groups excluding carboxylic acids is 1. The molecule has 0 radical (unpaired) electrons. The van der Waals surface area contributed by atoms with Crippen molar-refractivity contribution in [3.05, 3.63) is 56.4 Å². The molecule has 0 atom stereocenters. The van der Waals surface area contributed by atoms with Crippen LogP contribution in [0.5, 0.6) is 5.75 Å². The molecule has 1 aromatic carbocycles. The second kappa shape index (κ2) is 5.28. The maximum absolute atomic E-state index is 12.2. The molecule has 0 bridgehead atoms. The van der Waals surface area contributed by atoms with Crippen molar-refractivity contribution in [2.45, 2.75) is 6.92 Å². The summed E-state index contributed by atoms with van der Waals surface area (Å²) in [6.45, 7) is 1.81. The monoisotopic (exact) mass is 289 g/mol. The van der Waals surface area contributed by atoms with E-state index >= 15 is 0 Å². The van der Waals surface area contributed by atoms with Crippen LogP contribution >= 0.6 is 0 Å². The van der Waals surface area contributed by atoms with Gasteiger partial charge in [0.1, 0.15) is 11.3 Å². The van der Waals surface area contributed by atoms with E-state index in [1.54, 1.807) is 19.1 Å². The molecule has 1 heterocycles. The van der Waals surface area contributed by atoms with Crippen molar-refractivity contribution in [2.24, 2.45) is 14.1 Å². The average Bonchev–Trinajstić information content (AvgIpc) is 2.44. The van der Waals surface area contributed by atoms with Crippen LogP contribution in [0.4, 0.5) is 5.69 Å². The third kappa shape index (κ3) is 2.71. The quantitative estimate of drug-likeness (QED) is 0.780. The number of hydrogen-bond donors (Lipinski definition) is 2. The summed E-state index contributed by atoms with van der Waals surface area (Å²) in [7, 11) is 2.74. The largest absolute Gasteiger partial charge is 0.506 e. The Morgan fingerprint density at radius 1 is 1.24 bits per heavy atom. The first-order valence-electron chi connectivity index (χ1n) is 6.19. The first kappa shape index (κ1) is 14.6. The zero-order valence-corrected chi connectivity index (χ0v) is 11.9. The first-order valence-corrected chi connectivity index (χ1v) is 6.19. The number of benzene rings is 1. The van der Waals surface area contributed by atoms with Crippen molar-refractivity contribution in [1.82, 2.24) is 9.13 Å². The van der Waals surface area contributed by atoms with Gasteiger partial charge in [-0.25, -0.2) is 4.79 Å². The maximum Gasteiger partial charge on any atom is 0.330 e. The molecule has 0 unspecified atom stereocenters. The summed E-state index contributed by atoms with van der Waals surface area (Å²) in [5.41, 5.74) is -0.342. The van der Waals surface area contributed by atoms with E-state index in [0.29, 0.717) is 0 Å². The normalized spacial score (nSPS) is 10.4. The van der Waals surface area contributed by atoms with Gasteiger partial charge in [-0.3, -0.25) is 14.2 Å². The summed E-state index contributed by atoms with van der Waals surface area (Å²) in [6.07, 6.45) is 1.17. The molecule has 2 aromatic rings. The van der Waals surface area contributed by atoms with E-state index in [1.807, 2.05) is 0 Å². The standard InChI is InChI=1S/C14H15N3O4/c1-8-4-5-11(18)10(6-8)15-12(19)9-7-16(2)14(21)17(3)13(9)20/h4-7,18H,1-3H3,(H,15,19). The molecule has 0 aliphatic heterocycles. The molecule has 1 amide bonds. The average molecular weight is 289 g/mol. The number of aromatic hydroxyl groups is 1. The van der Waals surface area contributed by atoms with Crippen LogP contribution in [0.3, 0.4) is 0 Å². The number of rotatable bonds is 2. The fourth-order valence-electron chi connectivity index (χ4n) is 1.90. The molecule has 0 fully saturated rings. The van der Waals surface area contributed by atoms with E-state index < -0.39 is 17.2 Å². The molecule has 0 aliphatic rings. The van der Waals surface area contributed by atoms with Crippen LogP contribution in [-0.4, -0.2) is 20.1 Å². The number of anilines is 1. The smallest absolute Gasteiger partial charge is 0.330 e. The van der Waals surface area contributed by atoms with Crippen molar-refractivity contribution >= 4 is 11.6 Å². The molecule has 2 N–H and O–H groups in total. The number of carbonyl (C=O) groups is 1. The van der Waals surface area contributed by atoms with Crippen LogP contribution in [-0.2, 0) is 14.1 Å². The SMILES string of the molecule is Cc1ccc(O)c(NC(=O)c2cn(C)c(=O)n(C)c2=O)c1. The van der Waals surface area contributed by atoms with Crippen LogP contribution in [0, 0.1) is 6.92 Å². The Morgan fingerprint density at radius 3 is 2.57 bits per heavy atom. The summed E-state index contributed by atoms with van der Waals surface area (Å²) in [5.74, 6) is -0.789. The second-order valence-corrected chi connectivity index (χ2v) is 4.78. The van der Waals surface area contributed by atoms with Gasteiger partial charge in [-0.15, -0.1) is 0 Å². The number of hydrogen-bond acceptors (Lipinski definition) is 4. The summed E-state index contributed by atoms with van der Waals surface area (Å²) in [4.78, 5) is 35.7. The Bertz CT molecular complexity index is 833. The van der Waals surface area contributed by atoms with E-state index in [1.165, 1.54) is 26.4 Å². The summed E-state index contributed by atoms with van der Waals surface area (Å²) in [6, 6.07) is 4.72. The molecule has 2 rings (SSSR count). The van der Waals surface area contributed by atoms with Gasteiger partial charge in [-0.05, 0) is 24.6 Å². The topological polar surface area (TPSA) is 93.3 Å². The number of phenolic OH excluding ortho intramolecular Hbond substituents is 1. The van der Waals surface area contributed by atoms with Crippen molar-refractivity contribution in [1.29, 1.82) is 0 Å². The third-order valence-electron chi connectivity index (χ3n) is 3.09. The number of aryl methyl sites for hydroxylation is 2. The first-order chi connectivity index (χ1) is 9.81. The van der Waals surface area contributed by atoms with E-state index in [4.69, 9.17) is 0 Å². The number of phenols is 1. The predicted octanol–water partition coefficient (Wildman–Crippen LogP) is 0.350. The Balaban J connectivity index is 2.44. The van der Waals surface area contributed by atoms with Crippen molar-refractivity contribution in [3.8, 4) is 5.75 Å². The van der Waals surface area contributed by atoms with Crippen molar-refractivity contribution in [2.75, 3.05) is 5.32 Å². The lowest BCUT2D eigenvalue weighted by atomic mass is 10.2. The molecule has 0 spiro atoms. The van der Waals surface area contributed by atoms with Gasteiger partial charge in [-0.2, -0.15) is 0 Å². The summed E-state index contributed by atoms with van der Waals surface area (Å²) < 4.78 is 2.00. The van der Waals surface area contributed by atoms with Gasteiger partial charge < -0.3 is 15.0 Å². The lowest BCUT2D eigenvalue weighted by Crippen LogP contribution is -2.40. The third-order valence-corrected chi connectivity index (χ3v) is 3.09. The molecule has 21 heavy (non-hydrogen) atoms. The highest BCUT2D eigenvalue weighted by molar-refractivity contribution is 6.04. The zero-order valence-electron chi connectivity index (χ0n) is 11.9. The Hall–Kier alpha value is -2.83. The highest BCUT2D eigenvalue weighted by atomic mass is 16.3. The number of aromatic nitrogens is 2. The van der Waals surface area contributed by atoms with Crippen LogP contribution in [0.2, 0.25) is 0 Å². The van der Waals surface area contributed by atoms with Gasteiger partial charge in [0.05, 0.1) is 5.69 Å². The van der Waals surface area contributed by atoms with Crippen LogP contribution < -0.4 is 16.6 Å². The Labute approximate surface area is 120 Å². The fourth-order valence-corrected chi connectivity index (χ4v) is 1.90. The molecular formula is C14H15N3O4. The van der Waals surface area contributed by atoms with Crippen LogP contribution in [0.25, 0.3) is 0 Å². The number of amides is 1. The second-order valence-electron chi connectivity index (χ2n) is 4.78. The highest BCUT2D eigenvalue weighted by Gasteiger charge is 2.16. The van der Waals surface area contributed by atoms with Gasteiger partial charge in [0.15, 0.2) is 0 Å². The maximum atomic E-state index is 12.2. The number of nitrogens with zero attached hydrogens (tertiary/aromatic N) is 2. The van der Waals surface area contributed by atoms with Gasteiger partial charge >= 0.3 is 5.69 Å². The molecule has 110 valence electrons. The van der Waals surface area contributed by atoms with Gasteiger partial charge in [0.2, 0.25) is 0 Å².